The molecule has 9 nitrogen and oxygen atoms in total. The molecule has 0 saturated carbocycles. The van der Waals surface area contributed by atoms with Gasteiger partial charge in [-0.05, 0) is 74.4 Å². The molecule has 3 rings (SSSR count). The highest BCUT2D eigenvalue weighted by atomic mass is 32.2. The van der Waals surface area contributed by atoms with Gasteiger partial charge in [0.1, 0.15) is 11.4 Å². The van der Waals surface area contributed by atoms with Crippen LogP contribution in [0.15, 0.2) is 22.5 Å². The van der Waals surface area contributed by atoms with E-state index in [0.29, 0.717) is 24.4 Å². The molecular formula is C28H40F3N5O4S. The first-order valence-corrected chi connectivity index (χ1v) is 15.4. The van der Waals surface area contributed by atoms with Crippen molar-refractivity contribution in [1.29, 1.82) is 0 Å². The Kier molecular flexibility index (Phi) is 10.6. The number of halogens is 3. The molecule has 1 aromatic rings. The number of alkyl halides is 3. The van der Waals surface area contributed by atoms with Crippen LogP contribution in [0, 0.1) is 13.8 Å². The van der Waals surface area contributed by atoms with E-state index in [9.17, 15) is 31.2 Å². The van der Waals surface area contributed by atoms with Crippen LogP contribution in [0.4, 0.5) is 23.7 Å². The fourth-order valence-electron chi connectivity index (χ4n) is 5.25. The number of amides is 3. The number of hydrogen-bond acceptors (Lipinski definition) is 5. The highest BCUT2D eigenvalue weighted by molar-refractivity contribution is 7.92. The van der Waals surface area contributed by atoms with Crippen LogP contribution in [0.1, 0.15) is 80.9 Å². The Morgan fingerprint density at radius 1 is 1.10 bits per heavy atom. The second-order valence-electron chi connectivity index (χ2n) is 10.9. The number of carbonyl (C=O) groups excluding carboxylic acids is 2. The van der Waals surface area contributed by atoms with Gasteiger partial charge in [0.05, 0.1) is 0 Å². The number of aryl methyl sites for hydroxylation is 2. The van der Waals surface area contributed by atoms with Gasteiger partial charge in [0.15, 0.2) is 0 Å². The maximum Gasteiger partial charge on any atom is 0.389 e. The summed E-state index contributed by atoms with van der Waals surface area (Å²) < 4.78 is 64.1. The quantitative estimate of drug-likeness (QED) is 0.322. The molecule has 0 aliphatic carbocycles. The number of amidine groups is 1. The Morgan fingerprint density at radius 3 is 2.22 bits per heavy atom. The van der Waals surface area contributed by atoms with E-state index in [4.69, 9.17) is 5.73 Å². The van der Waals surface area contributed by atoms with Gasteiger partial charge in [0, 0.05) is 44.1 Å². The number of anilines is 1. The van der Waals surface area contributed by atoms with Gasteiger partial charge in [-0.1, -0.05) is 25.7 Å². The van der Waals surface area contributed by atoms with Crippen molar-refractivity contribution in [3.63, 3.8) is 0 Å². The van der Waals surface area contributed by atoms with E-state index < -0.39 is 34.2 Å². The SMILES string of the molecule is Cc1cc(N(C)C(N)=O)cc(C)c1C=CS(=O)(=O)N1CCC2(CC1)N=C(CCCCCCCCC(F)(F)F)NC2=O. The largest absolute Gasteiger partial charge is 0.389 e. The van der Waals surface area contributed by atoms with Crippen molar-refractivity contribution in [1.82, 2.24) is 9.62 Å². The van der Waals surface area contributed by atoms with E-state index in [1.54, 1.807) is 25.3 Å². The van der Waals surface area contributed by atoms with E-state index in [0.717, 1.165) is 42.4 Å². The van der Waals surface area contributed by atoms with E-state index in [1.807, 2.05) is 13.8 Å². The van der Waals surface area contributed by atoms with Gasteiger partial charge in [-0.3, -0.25) is 14.7 Å². The summed E-state index contributed by atoms with van der Waals surface area (Å²) in [6, 6.07) is 2.94. The molecule has 13 heteroatoms. The van der Waals surface area contributed by atoms with Crippen molar-refractivity contribution >= 4 is 39.6 Å². The molecule has 41 heavy (non-hydrogen) atoms. The molecule has 0 aromatic heterocycles. The first-order chi connectivity index (χ1) is 19.1. The predicted octanol–water partition coefficient (Wildman–Crippen LogP) is 5.16. The van der Waals surface area contributed by atoms with Crippen LogP contribution in [0.5, 0.6) is 0 Å². The first kappa shape index (κ1) is 32.6. The lowest BCUT2D eigenvalue weighted by atomic mass is 9.89. The number of unbranched alkanes of at least 4 members (excludes halogenated alkanes) is 5. The fourth-order valence-corrected chi connectivity index (χ4v) is 6.42. The van der Waals surface area contributed by atoms with Gasteiger partial charge in [-0.15, -0.1) is 0 Å². The van der Waals surface area contributed by atoms with Crippen LogP contribution < -0.4 is 16.0 Å². The summed E-state index contributed by atoms with van der Waals surface area (Å²) in [5.74, 6) is 0.388. The summed E-state index contributed by atoms with van der Waals surface area (Å²) in [5.41, 5.74) is 7.32. The van der Waals surface area contributed by atoms with E-state index in [1.165, 1.54) is 14.6 Å². The second-order valence-corrected chi connectivity index (χ2v) is 12.7. The van der Waals surface area contributed by atoms with Crippen LogP contribution in [-0.2, 0) is 14.8 Å². The number of sulfonamides is 1. The van der Waals surface area contributed by atoms with Crippen LogP contribution in [0.25, 0.3) is 6.08 Å². The van der Waals surface area contributed by atoms with Crippen molar-refractivity contribution in [3.05, 3.63) is 34.2 Å². The van der Waals surface area contributed by atoms with Gasteiger partial charge >= 0.3 is 12.2 Å². The average Bonchev–Trinajstić information content (AvgIpc) is 3.18. The lowest BCUT2D eigenvalue weighted by Gasteiger charge is -2.34. The number of aliphatic imine (C=N–C) groups is 1. The fraction of sp³-hybridized carbons (Fsp3) is 0.607. The number of nitrogens with one attached hydrogen (secondary N) is 1. The summed E-state index contributed by atoms with van der Waals surface area (Å²) in [6.07, 6.45) is 1.75. The Hall–Kier alpha value is -2.93. The first-order valence-electron chi connectivity index (χ1n) is 13.9. The smallest absolute Gasteiger partial charge is 0.351 e. The Bertz CT molecular complexity index is 1260. The molecule has 0 radical (unpaired) electrons. The Labute approximate surface area is 240 Å². The molecule has 1 saturated heterocycles. The number of rotatable bonds is 12. The highest BCUT2D eigenvalue weighted by Crippen LogP contribution is 2.32. The third-order valence-corrected chi connectivity index (χ3v) is 9.33. The maximum absolute atomic E-state index is 13.1. The number of piperidine rings is 1. The summed E-state index contributed by atoms with van der Waals surface area (Å²) >= 11 is 0. The molecule has 2 heterocycles. The van der Waals surface area contributed by atoms with E-state index >= 15 is 0 Å². The zero-order valence-corrected chi connectivity index (χ0v) is 24.7. The van der Waals surface area contributed by atoms with Gasteiger partial charge in [0.25, 0.3) is 5.91 Å². The molecule has 3 amide bonds. The predicted molar refractivity (Wildman–Crippen MR) is 154 cm³/mol. The second kappa shape index (κ2) is 13.4. The summed E-state index contributed by atoms with van der Waals surface area (Å²) in [5, 5.41) is 4.02. The minimum atomic E-state index is -4.09. The molecule has 1 spiro atoms. The monoisotopic (exact) mass is 599 g/mol. The van der Waals surface area contributed by atoms with Gasteiger partial charge in [-0.25, -0.2) is 13.2 Å². The summed E-state index contributed by atoms with van der Waals surface area (Å²) in [7, 11) is -2.18. The molecule has 0 atom stereocenters. The third-order valence-electron chi connectivity index (χ3n) is 7.77. The highest BCUT2D eigenvalue weighted by Gasteiger charge is 2.46. The molecule has 0 bridgehead atoms. The van der Waals surface area contributed by atoms with Gasteiger partial charge in [-0.2, -0.15) is 17.5 Å². The third kappa shape index (κ3) is 8.78. The van der Waals surface area contributed by atoms with Gasteiger partial charge in [0.2, 0.25) is 10.0 Å². The zero-order valence-electron chi connectivity index (χ0n) is 23.9. The number of nitrogens with zero attached hydrogens (tertiary/aromatic N) is 3. The maximum atomic E-state index is 13.1. The van der Waals surface area contributed by atoms with Crippen molar-refractivity contribution in [2.75, 3.05) is 25.0 Å². The molecule has 1 fully saturated rings. The standard InChI is InChI=1S/C28H40F3N5O4S/c1-20-18-22(35(3)26(32)38)19-21(2)23(20)11-17-41(39,40)36-15-13-27(14-16-36)25(37)33-24(34-27)10-8-6-4-5-7-9-12-28(29,30)31/h11,17-19H,4-10,12-16H2,1-3H3,(H2,32,38)(H,33,34,37). The lowest BCUT2D eigenvalue weighted by molar-refractivity contribution is -0.135. The molecule has 3 N–H and O–H groups in total. The molecular weight excluding hydrogens is 559 g/mol. The normalized spacial score (nSPS) is 17.7. The molecule has 2 aliphatic heterocycles. The Morgan fingerprint density at radius 2 is 1.66 bits per heavy atom. The van der Waals surface area contributed by atoms with Crippen molar-refractivity contribution < 1.29 is 31.2 Å². The number of primary amides is 1. The lowest BCUT2D eigenvalue weighted by Crippen LogP contribution is -2.50. The number of benzene rings is 1. The topological polar surface area (TPSA) is 125 Å². The summed E-state index contributed by atoms with van der Waals surface area (Å²) in [6.45, 7) is 3.98. The molecule has 228 valence electrons. The molecule has 0 unspecified atom stereocenters. The number of carbonyl (C=O) groups is 2. The van der Waals surface area contributed by atoms with Crippen LogP contribution in [0.2, 0.25) is 0 Å². The van der Waals surface area contributed by atoms with Gasteiger partial charge < -0.3 is 11.1 Å². The zero-order chi connectivity index (χ0) is 30.4. The minimum Gasteiger partial charge on any atom is -0.351 e. The number of nitrogens with two attached hydrogens (primary N) is 1. The number of hydrogen-bond donors (Lipinski definition) is 2. The average molecular weight is 600 g/mol. The van der Waals surface area contributed by atoms with Crippen LogP contribution >= 0.6 is 0 Å². The number of urea groups is 1. The molecule has 2 aliphatic rings. The van der Waals surface area contributed by atoms with E-state index in [-0.39, 0.29) is 38.3 Å². The molecule has 1 aromatic carbocycles. The van der Waals surface area contributed by atoms with E-state index in [2.05, 4.69) is 10.3 Å². The van der Waals surface area contributed by atoms with Crippen LogP contribution in [0.3, 0.4) is 0 Å². The Balaban J connectivity index is 1.51. The minimum absolute atomic E-state index is 0.153. The van der Waals surface area contributed by atoms with Crippen molar-refractivity contribution in [2.45, 2.75) is 89.8 Å². The van der Waals surface area contributed by atoms with Crippen LogP contribution in [-0.4, -0.2) is 62.3 Å². The van der Waals surface area contributed by atoms with Crippen molar-refractivity contribution in [3.8, 4) is 0 Å². The summed E-state index contributed by atoms with van der Waals surface area (Å²) in [4.78, 5) is 30.2. The van der Waals surface area contributed by atoms with Crippen molar-refractivity contribution in [2.24, 2.45) is 10.7 Å².